The van der Waals surface area contributed by atoms with Crippen molar-refractivity contribution >= 4 is 17.9 Å². The maximum Gasteiger partial charge on any atom is 0.361 e. The Labute approximate surface area is 500 Å². The van der Waals surface area contributed by atoms with Gasteiger partial charge in [-0.15, -0.1) is 0 Å². The number of carbonyl (C=O) groups is 3. The fourth-order valence-corrected chi connectivity index (χ4v) is 9.74. The van der Waals surface area contributed by atoms with Gasteiger partial charge in [0.05, 0.1) is 34.4 Å². The highest BCUT2D eigenvalue weighted by Gasteiger charge is 2.25. The van der Waals surface area contributed by atoms with Crippen LogP contribution < -0.4 is 0 Å². The number of carboxylic acid groups (broad SMARTS) is 1. The lowest BCUT2D eigenvalue weighted by Crippen LogP contribution is -2.40. The van der Waals surface area contributed by atoms with Crippen molar-refractivity contribution in [3.63, 3.8) is 0 Å². The summed E-state index contributed by atoms with van der Waals surface area (Å²) in [6, 6.07) is 0. The Kier molecular flexibility index (Phi) is 60.2. The third-order valence-electron chi connectivity index (χ3n) is 14.9. The van der Waals surface area contributed by atoms with Crippen LogP contribution in [0.1, 0.15) is 309 Å². The van der Waals surface area contributed by atoms with Crippen LogP contribution in [0, 0.1) is 0 Å². The number of nitrogens with zero attached hydrogens (tertiary/aromatic N) is 1. The number of rotatable bonds is 63. The van der Waals surface area contributed by atoms with Gasteiger partial charge in [-0.3, -0.25) is 9.59 Å². The number of quaternary nitrogens is 1. The van der Waals surface area contributed by atoms with Crippen molar-refractivity contribution in [1.82, 2.24) is 0 Å². The van der Waals surface area contributed by atoms with E-state index in [9.17, 15) is 19.5 Å². The molecule has 0 aliphatic heterocycles. The van der Waals surface area contributed by atoms with Gasteiger partial charge in [-0.1, -0.05) is 286 Å². The van der Waals surface area contributed by atoms with Crippen LogP contribution in [0.5, 0.6) is 0 Å². The van der Waals surface area contributed by atoms with Crippen LogP contribution in [0.4, 0.5) is 0 Å². The molecule has 9 nitrogen and oxygen atoms in total. The summed E-state index contributed by atoms with van der Waals surface area (Å²) in [6.07, 6.45) is 80.2. The number of hydrogen-bond donors (Lipinski definition) is 1. The molecule has 0 aliphatic carbocycles. The molecule has 0 aromatic carbocycles. The lowest BCUT2D eigenvalue weighted by molar-refractivity contribution is -0.870. The molecule has 0 heterocycles. The van der Waals surface area contributed by atoms with Crippen molar-refractivity contribution in [2.24, 2.45) is 0 Å². The number of aliphatic carboxylic acids is 1. The monoisotopic (exact) mass is 1140 g/mol. The van der Waals surface area contributed by atoms with Gasteiger partial charge in [0.25, 0.3) is 6.29 Å². The third kappa shape index (κ3) is 64.1. The van der Waals surface area contributed by atoms with E-state index in [0.717, 1.165) is 77.0 Å². The summed E-state index contributed by atoms with van der Waals surface area (Å²) in [5.74, 6) is -2.00. The quantitative estimate of drug-likeness (QED) is 0.0211. The third-order valence-corrected chi connectivity index (χ3v) is 14.9. The van der Waals surface area contributed by atoms with E-state index < -0.39 is 24.3 Å². The van der Waals surface area contributed by atoms with Crippen molar-refractivity contribution in [1.29, 1.82) is 0 Å². The zero-order valence-electron chi connectivity index (χ0n) is 53.7. The Balaban J connectivity index is 4.05. The second-order valence-electron chi connectivity index (χ2n) is 24.1. The number of ether oxygens (including phenoxy) is 4. The molecule has 81 heavy (non-hydrogen) atoms. The highest BCUT2D eigenvalue weighted by molar-refractivity contribution is 5.71. The summed E-state index contributed by atoms with van der Waals surface area (Å²) in [5.41, 5.74) is 0. The van der Waals surface area contributed by atoms with Gasteiger partial charge in [0.2, 0.25) is 0 Å². The molecule has 0 saturated heterocycles. The minimum absolute atomic E-state index is 0.185. The summed E-state index contributed by atoms with van der Waals surface area (Å²) in [5, 5.41) is 9.73. The van der Waals surface area contributed by atoms with Gasteiger partial charge in [-0.25, -0.2) is 4.79 Å². The van der Waals surface area contributed by atoms with Crippen LogP contribution in [-0.2, 0) is 33.3 Å². The molecule has 0 fully saturated rings. The van der Waals surface area contributed by atoms with Crippen LogP contribution >= 0.6 is 0 Å². The molecule has 0 bridgehead atoms. The minimum atomic E-state index is -1.51. The summed E-state index contributed by atoms with van der Waals surface area (Å²) in [4.78, 5) is 37.6. The highest BCUT2D eigenvalue weighted by Crippen LogP contribution is 2.18. The summed E-state index contributed by atoms with van der Waals surface area (Å²) in [7, 11) is 5.97. The summed E-state index contributed by atoms with van der Waals surface area (Å²) < 4.78 is 23.0. The predicted molar refractivity (Wildman–Crippen MR) is 346 cm³/mol. The molecule has 470 valence electrons. The molecule has 0 saturated carbocycles. The van der Waals surface area contributed by atoms with Gasteiger partial charge in [0.15, 0.2) is 6.10 Å². The number of hydrogen-bond acceptors (Lipinski definition) is 7. The number of carbonyl (C=O) groups excluding carboxylic acids is 2. The summed E-state index contributed by atoms with van der Waals surface area (Å²) in [6.45, 7) is 4.78. The van der Waals surface area contributed by atoms with Crippen molar-refractivity contribution in [2.45, 2.75) is 322 Å². The molecule has 0 aromatic rings. The molecule has 0 aliphatic rings. The smallest absolute Gasteiger partial charge is 0.361 e. The van der Waals surface area contributed by atoms with E-state index in [0.29, 0.717) is 23.9 Å². The SMILES string of the molecule is CC/C=C\C/C=C\C/C=C\C/C=C\CCCCCCCCCCC(=O)OC(COC(=O)CCCCCCCCCCCCCCCCCCCCCCCCC/C=C\C/C=C\CCCCCCC)COC(OCC[N+](C)(C)C)C(=O)O. The average molecular weight is 1140 g/mol. The van der Waals surface area contributed by atoms with Gasteiger partial charge >= 0.3 is 17.9 Å². The van der Waals surface area contributed by atoms with Crippen molar-refractivity contribution in [3.8, 4) is 0 Å². The number of esters is 2. The van der Waals surface area contributed by atoms with E-state index in [1.54, 1.807) is 0 Å². The lowest BCUT2D eigenvalue weighted by atomic mass is 10.0. The van der Waals surface area contributed by atoms with Gasteiger partial charge in [0, 0.05) is 12.8 Å². The topological polar surface area (TPSA) is 108 Å². The van der Waals surface area contributed by atoms with Gasteiger partial charge in [-0.05, 0) is 83.5 Å². The molecule has 9 heteroatoms. The fraction of sp³-hybridized carbons (Fsp3) is 0.792. The van der Waals surface area contributed by atoms with Crippen LogP contribution in [0.3, 0.4) is 0 Å². The second kappa shape index (κ2) is 62.8. The van der Waals surface area contributed by atoms with Crippen molar-refractivity contribution < 1.29 is 42.9 Å². The first-order valence-corrected chi connectivity index (χ1v) is 34.1. The minimum Gasteiger partial charge on any atom is -0.477 e. The molecule has 1 N–H and O–H groups in total. The number of unbranched alkanes of at least 4 members (excludes halogenated alkanes) is 36. The Morgan fingerprint density at radius 1 is 0.383 bits per heavy atom. The Morgan fingerprint density at radius 2 is 0.704 bits per heavy atom. The van der Waals surface area contributed by atoms with E-state index in [1.807, 2.05) is 21.1 Å². The number of likely N-dealkylation sites (N-methyl/N-ethyl adjacent to an activating group) is 1. The molecule has 0 radical (unpaired) electrons. The molecule has 0 aromatic heterocycles. The first-order chi connectivity index (χ1) is 39.6. The second-order valence-corrected chi connectivity index (χ2v) is 24.1. The molecule has 0 rings (SSSR count). The Bertz CT molecular complexity index is 1560. The zero-order valence-corrected chi connectivity index (χ0v) is 53.7. The molecule has 2 atom stereocenters. The van der Waals surface area contributed by atoms with Crippen LogP contribution in [-0.4, -0.2) is 87.4 Å². The Hall–Kier alpha value is -3.27. The number of allylic oxidation sites excluding steroid dienone is 12. The maximum absolute atomic E-state index is 12.9. The van der Waals surface area contributed by atoms with Gasteiger partial charge in [-0.2, -0.15) is 0 Å². The van der Waals surface area contributed by atoms with Crippen LogP contribution in [0.2, 0.25) is 0 Å². The van der Waals surface area contributed by atoms with E-state index in [-0.39, 0.29) is 32.2 Å². The van der Waals surface area contributed by atoms with E-state index in [1.165, 1.54) is 199 Å². The highest BCUT2D eigenvalue weighted by atomic mass is 16.7. The van der Waals surface area contributed by atoms with Gasteiger partial charge in [0.1, 0.15) is 13.2 Å². The fourth-order valence-electron chi connectivity index (χ4n) is 9.74. The maximum atomic E-state index is 12.9. The Morgan fingerprint density at radius 3 is 1.05 bits per heavy atom. The molecular formula is C72H130NO8+. The normalized spacial score (nSPS) is 13.1. The molecule has 0 spiro atoms. The number of carboxylic acids is 1. The molecular weight excluding hydrogens is 1010 g/mol. The van der Waals surface area contributed by atoms with E-state index in [4.69, 9.17) is 18.9 Å². The van der Waals surface area contributed by atoms with Crippen molar-refractivity contribution in [2.75, 3.05) is 47.5 Å². The van der Waals surface area contributed by atoms with Gasteiger partial charge < -0.3 is 28.5 Å². The first-order valence-electron chi connectivity index (χ1n) is 34.1. The van der Waals surface area contributed by atoms with Crippen LogP contribution in [0.15, 0.2) is 72.9 Å². The summed E-state index contributed by atoms with van der Waals surface area (Å²) >= 11 is 0. The largest absolute Gasteiger partial charge is 0.477 e. The van der Waals surface area contributed by atoms with E-state index in [2.05, 4.69) is 86.8 Å². The zero-order chi connectivity index (χ0) is 59.1. The standard InChI is InChI=1S/C72H129NO8/c1-6-8-10-12-14-16-18-20-22-24-26-28-29-30-31-32-33-34-35-36-37-38-39-40-41-43-44-46-48-50-52-54-56-58-60-62-69(74)79-66-68(67-80-72(71(76)77)78-65-64-73(3,4)5)81-70(75)63-61-59-57-55-53-51-49-47-45-42-27-25-23-21-19-17-15-13-11-9-7-2/h9,11,15,17-18,20-21,23-24,26-27,42,68,72H,6-8,10,12-14,16,19,22,25,28-41,43-67H2,1-5H3/p+1/b11-9-,17-15-,20-18-,23-21-,26-24-,42-27-. The lowest BCUT2D eigenvalue weighted by Gasteiger charge is -2.25. The first kappa shape index (κ1) is 77.7. The predicted octanol–water partition coefficient (Wildman–Crippen LogP) is 20.9. The average Bonchev–Trinajstić information content (AvgIpc) is 3.44. The van der Waals surface area contributed by atoms with Crippen molar-refractivity contribution in [3.05, 3.63) is 72.9 Å². The van der Waals surface area contributed by atoms with Crippen LogP contribution in [0.25, 0.3) is 0 Å². The molecule has 2 unspecified atom stereocenters. The molecule has 0 amide bonds. The van der Waals surface area contributed by atoms with E-state index >= 15 is 0 Å².